The van der Waals surface area contributed by atoms with Crippen molar-refractivity contribution in [1.29, 1.82) is 0 Å². The maximum atomic E-state index is 13.9. The van der Waals surface area contributed by atoms with E-state index < -0.39 is 89.7 Å². The molecule has 0 radical (unpaired) electrons. The smallest absolute Gasteiger partial charge is 0.303 e. The van der Waals surface area contributed by atoms with Gasteiger partial charge in [-0.2, -0.15) is 0 Å². The first-order valence-corrected chi connectivity index (χ1v) is 18.4. The van der Waals surface area contributed by atoms with Crippen LogP contribution in [0.2, 0.25) is 0 Å². The summed E-state index contributed by atoms with van der Waals surface area (Å²) in [6.07, 6.45) is -2.79. The fourth-order valence-corrected chi connectivity index (χ4v) is 7.76. The van der Waals surface area contributed by atoms with Gasteiger partial charge in [0.2, 0.25) is 5.91 Å². The van der Waals surface area contributed by atoms with Crippen molar-refractivity contribution in [3.8, 4) is 0 Å². The standard InChI is InChI=1S/C42H45F2NO11/c1-23(46)52-22-32-21-31(39(54-25(3)48)41(56-27(5)50)40(32)55-26(4)49)20-28-6-8-30(9-7-28)38-36(42(51)45(38)35-16-14-34(44)15-17-35)18-19-37(53-24(2)47)29-10-12-33(43)13-11-29/h6-17,31-32,36-41H,18-22H2,1-5H3/t31-,32-,36-,37+,38-,39+,40-,41-/m1/s1. The predicted octanol–water partition coefficient (Wildman–Crippen LogP) is 6.29. The first kappa shape index (κ1) is 41.5. The highest BCUT2D eigenvalue weighted by molar-refractivity contribution is 6.03. The molecule has 5 rings (SSSR count). The van der Waals surface area contributed by atoms with Crippen LogP contribution in [0.5, 0.6) is 0 Å². The minimum Gasteiger partial charge on any atom is -0.465 e. The van der Waals surface area contributed by atoms with Crippen molar-refractivity contribution in [3.05, 3.63) is 101 Å². The topological polar surface area (TPSA) is 152 Å². The molecule has 0 spiro atoms. The number of hydrogen-bond acceptors (Lipinski definition) is 11. The summed E-state index contributed by atoms with van der Waals surface area (Å²) < 4.78 is 55.4. The molecule has 3 aromatic carbocycles. The van der Waals surface area contributed by atoms with Crippen molar-refractivity contribution in [3.63, 3.8) is 0 Å². The molecular formula is C42H45F2NO11. The zero-order valence-corrected chi connectivity index (χ0v) is 31.8. The maximum Gasteiger partial charge on any atom is 0.303 e. The quantitative estimate of drug-likeness (QED) is 0.103. The third kappa shape index (κ3) is 10.3. The van der Waals surface area contributed by atoms with Crippen LogP contribution < -0.4 is 4.90 Å². The first-order chi connectivity index (χ1) is 26.6. The molecule has 56 heavy (non-hydrogen) atoms. The second-order valence-corrected chi connectivity index (χ2v) is 14.2. The molecule has 2 aliphatic rings. The van der Waals surface area contributed by atoms with Crippen molar-refractivity contribution in [1.82, 2.24) is 0 Å². The van der Waals surface area contributed by atoms with E-state index in [-0.39, 0.29) is 25.4 Å². The number of carbonyl (C=O) groups is 6. The molecule has 1 saturated carbocycles. The molecule has 0 aromatic heterocycles. The molecule has 14 heteroatoms. The van der Waals surface area contributed by atoms with Crippen LogP contribution in [0.25, 0.3) is 0 Å². The third-order valence-electron chi connectivity index (χ3n) is 10.0. The predicted molar refractivity (Wildman–Crippen MR) is 195 cm³/mol. The zero-order chi connectivity index (χ0) is 40.7. The minimum absolute atomic E-state index is 0.136. The highest BCUT2D eigenvalue weighted by Crippen LogP contribution is 2.47. The van der Waals surface area contributed by atoms with E-state index in [1.54, 1.807) is 4.90 Å². The van der Waals surface area contributed by atoms with E-state index in [0.29, 0.717) is 24.1 Å². The lowest BCUT2D eigenvalue weighted by Crippen LogP contribution is -2.57. The van der Waals surface area contributed by atoms with Gasteiger partial charge in [0.25, 0.3) is 0 Å². The Balaban J connectivity index is 1.43. The van der Waals surface area contributed by atoms with Gasteiger partial charge in [-0.05, 0) is 78.8 Å². The van der Waals surface area contributed by atoms with E-state index in [1.807, 2.05) is 24.3 Å². The summed E-state index contributed by atoms with van der Waals surface area (Å²) in [4.78, 5) is 75.9. The van der Waals surface area contributed by atoms with Crippen LogP contribution in [0.3, 0.4) is 0 Å². The zero-order valence-electron chi connectivity index (χ0n) is 31.8. The second kappa shape index (κ2) is 18.3. The number of nitrogens with zero attached hydrogens (tertiary/aromatic N) is 1. The van der Waals surface area contributed by atoms with Crippen LogP contribution in [0.15, 0.2) is 72.8 Å². The lowest BCUT2D eigenvalue weighted by molar-refractivity contribution is -0.208. The fraction of sp³-hybridized carbons (Fsp3) is 0.429. The molecule has 1 saturated heterocycles. The SMILES string of the molecule is CC(=O)OC[C@H]1C[C@@H](Cc2ccc([C@@H]3[C@@H](CC[C@H](OC(C)=O)c4ccc(F)cc4)C(=O)N3c3ccc(F)cc3)cc2)[C@H](OC(C)=O)[C@@H](OC(C)=O)[C@@H]1OC(C)=O. The van der Waals surface area contributed by atoms with Crippen molar-refractivity contribution in [2.24, 2.45) is 17.8 Å². The van der Waals surface area contributed by atoms with Gasteiger partial charge in [-0.3, -0.25) is 28.8 Å². The van der Waals surface area contributed by atoms with Gasteiger partial charge in [-0.15, -0.1) is 0 Å². The normalized spacial score (nSPS) is 23.6. The van der Waals surface area contributed by atoms with Crippen molar-refractivity contribution in [2.45, 2.75) is 90.8 Å². The number of halogens is 2. The summed E-state index contributed by atoms with van der Waals surface area (Å²) in [5.41, 5.74) is 2.66. The molecule has 12 nitrogen and oxygen atoms in total. The molecule has 1 aliphatic carbocycles. The Labute approximate surface area is 323 Å². The second-order valence-electron chi connectivity index (χ2n) is 14.2. The van der Waals surface area contributed by atoms with Crippen LogP contribution in [0.1, 0.15) is 82.7 Å². The van der Waals surface area contributed by atoms with Gasteiger partial charge in [-0.1, -0.05) is 36.4 Å². The van der Waals surface area contributed by atoms with Gasteiger partial charge in [0.15, 0.2) is 6.10 Å². The average molecular weight is 778 g/mol. The van der Waals surface area contributed by atoms with Crippen molar-refractivity contribution >= 4 is 41.4 Å². The molecule has 3 aromatic rings. The number of amides is 1. The minimum atomic E-state index is -1.18. The number of benzene rings is 3. The van der Waals surface area contributed by atoms with Gasteiger partial charge < -0.3 is 28.6 Å². The number of anilines is 1. The Morgan fingerprint density at radius 3 is 1.75 bits per heavy atom. The molecular weight excluding hydrogens is 732 g/mol. The summed E-state index contributed by atoms with van der Waals surface area (Å²) in [6.45, 7) is 6.00. The van der Waals surface area contributed by atoms with E-state index >= 15 is 0 Å². The summed E-state index contributed by atoms with van der Waals surface area (Å²) in [5.74, 6) is -5.76. The fourth-order valence-electron chi connectivity index (χ4n) is 7.76. The third-order valence-corrected chi connectivity index (χ3v) is 10.0. The van der Waals surface area contributed by atoms with E-state index in [4.69, 9.17) is 23.7 Å². The molecule has 0 bridgehead atoms. The number of rotatable bonds is 14. The molecule has 298 valence electrons. The number of β-lactam (4-membered cyclic amide) rings is 1. The number of hydrogen-bond donors (Lipinski definition) is 0. The van der Waals surface area contributed by atoms with E-state index in [9.17, 15) is 37.5 Å². The number of carbonyl (C=O) groups excluding carboxylic acids is 6. The summed E-state index contributed by atoms with van der Waals surface area (Å²) in [7, 11) is 0. The van der Waals surface area contributed by atoms with Crippen molar-refractivity contribution in [2.75, 3.05) is 11.5 Å². The Kier molecular flexibility index (Phi) is 13.6. The number of ether oxygens (including phenoxy) is 5. The molecule has 1 aliphatic heterocycles. The molecule has 2 fully saturated rings. The number of esters is 5. The summed E-state index contributed by atoms with van der Waals surface area (Å²) in [5, 5.41) is 0. The molecule has 1 amide bonds. The van der Waals surface area contributed by atoms with Gasteiger partial charge in [0, 0.05) is 52.1 Å². The van der Waals surface area contributed by atoms with E-state index in [0.717, 1.165) is 11.1 Å². The largest absolute Gasteiger partial charge is 0.465 e. The first-order valence-electron chi connectivity index (χ1n) is 18.4. The molecule has 8 atom stereocenters. The Morgan fingerprint density at radius 1 is 0.679 bits per heavy atom. The van der Waals surface area contributed by atoms with E-state index in [2.05, 4.69) is 0 Å². The van der Waals surface area contributed by atoms with Crippen LogP contribution >= 0.6 is 0 Å². The lowest BCUT2D eigenvalue weighted by Gasteiger charge is -2.48. The monoisotopic (exact) mass is 777 g/mol. The molecule has 0 N–H and O–H groups in total. The van der Waals surface area contributed by atoms with Crippen LogP contribution in [0.4, 0.5) is 14.5 Å². The highest BCUT2D eigenvalue weighted by atomic mass is 19.1. The van der Waals surface area contributed by atoms with Crippen molar-refractivity contribution < 1.29 is 61.2 Å². The van der Waals surface area contributed by atoms with Gasteiger partial charge in [0.1, 0.15) is 29.9 Å². The summed E-state index contributed by atoms with van der Waals surface area (Å²) >= 11 is 0. The molecule has 0 unspecified atom stereocenters. The summed E-state index contributed by atoms with van der Waals surface area (Å²) in [6, 6.07) is 18.2. The van der Waals surface area contributed by atoms with Gasteiger partial charge in [-0.25, -0.2) is 8.78 Å². The van der Waals surface area contributed by atoms with Crippen LogP contribution in [-0.2, 0) is 58.9 Å². The highest BCUT2D eigenvalue weighted by Gasteiger charge is 2.51. The average Bonchev–Trinajstić information content (AvgIpc) is 3.12. The Hall–Kier alpha value is -5.66. The Morgan fingerprint density at radius 2 is 1.21 bits per heavy atom. The van der Waals surface area contributed by atoms with Crippen LogP contribution in [0, 0.1) is 29.4 Å². The Bertz CT molecular complexity index is 1900. The van der Waals surface area contributed by atoms with Gasteiger partial charge in [0.05, 0.1) is 18.6 Å². The van der Waals surface area contributed by atoms with E-state index in [1.165, 1.54) is 83.1 Å². The van der Waals surface area contributed by atoms with Gasteiger partial charge >= 0.3 is 29.8 Å². The van der Waals surface area contributed by atoms with Crippen LogP contribution in [-0.4, -0.2) is 60.7 Å². The maximum absolute atomic E-state index is 13.9. The molecule has 1 heterocycles. The lowest BCUT2D eigenvalue weighted by atomic mass is 9.73.